The summed E-state index contributed by atoms with van der Waals surface area (Å²) >= 11 is 1.46. The molecule has 28 heavy (non-hydrogen) atoms. The van der Waals surface area contributed by atoms with Crippen molar-refractivity contribution in [3.05, 3.63) is 58.6 Å². The topological polar surface area (TPSA) is 91.6 Å². The molecule has 1 N–H and O–H groups in total. The van der Waals surface area contributed by atoms with E-state index >= 15 is 0 Å². The zero-order valence-corrected chi connectivity index (χ0v) is 15.9. The molecule has 8 nitrogen and oxygen atoms in total. The third-order valence-electron chi connectivity index (χ3n) is 4.70. The van der Waals surface area contributed by atoms with Crippen molar-refractivity contribution in [2.45, 2.75) is 0 Å². The van der Waals surface area contributed by atoms with Gasteiger partial charge in [0.15, 0.2) is 5.13 Å². The van der Waals surface area contributed by atoms with Gasteiger partial charge in [-0.1, -0.05) is 35.6 Å². The predicted octanol–water partition coefficient (Wildman–Crippen LogP) is 2.97. The number of rotatable bonds is 5. The van der Waals surface area contributed by atoms with E-state index in [9.17, 15) is 14.9 Å². The lowest BCUT2D eigenvalue weighted by Gasteiger charge is -2.35. The summed E-state index contributed by atoms with van der Waals surface area (Å²) in [6.45, 7) is 2.89. The molecule has 144 valence electrons. The van der Waals surface area contributed by atoms with Gasteiger partial charge in [-0.15, -0.1) is 0 Å². The van der Waals surface area contributed by atoms with Crippen LogP contribution in [0.25, 0.3) is 10.2 Å². The second-order valence-electron chi connectivity index (χ2n) is 6.54. The number of piperazine rings is 1. The average Bonchev–Trinajstić information content (AvgIpc) is 3.10. The largest absolute Gasteiger partial charge is 0.363 e. The Morgan fingerprint density at radius 3 is 2.57 bits per heavy atom. The van der Waals surface area contributed by atoms with Crippen molar-refractivity contribution in [2.24, 2.45) is 0 Å². The Hall–Kier alpha value is -3.04. The zero-order valence-electron chi connectivity index (χ0n) is 15.1. The number of carbonyl (C=O) groups is 1. The Morgan fingerprint density at radius 2 is 1.82 bits per heavy atom. The molecule has 1 saturated heterocycles. The summed E-state index contributed by atoms with van der Waals surface area (Å²) in [5.41, 5.74) is 1.62. The molecule has 2 aromatic carbocycles. The quantitative estimate of drug-likeness (QED) is 0.526. The van der Waals surface area contributed by atoms with Gasteiger partial charge in [-0.25, -0.2) is 4.98 Å². The summed E-state index contributed by atoms with van der Waals surface area (Å²) < 4.78 is 1.04. The van der Waals surface area contributed by atoms with Crippen LogP contribution >= 0.6 is 11.3 Å². The number of anilines is 2. The van der Waals surface area contributed by atoms with Gasteiger partial charge >= 0.3 is 0 Å². The molecule has 0 aliphatic carbocycles. The Morgan fingerprint density at radius 1 is 1.11 bits per heavy atom. The molecule has 1 aliphatic rings. The van der Waals surface area contributed by atoms with E-state index in [0.717, 1.165) is 10.2 Å². The minimum Gasteiger partial charge on any atom is -0.363 e. The minimum absolute atomic E-state index is 0.0989. The molecule has 1 aliphatic heterocycles. The normalized spacial score (nSPS) is 14.9. The van der Waals surface area contributed by atoms with Gasteiger partial charge in [0.25, 0.3) is 5.69 Å². The Bertz CT molecular complexity index is 980. The number of para-hydroxylation sites is 3. The molecular weight excluding hydrogens is 378 g/mol. The smallest absolute Gasteiger partial charge is 0.292 e. The third-order valence-corrected chi connectivity index (χ3v) is 5.65. The Kier molecular flexibility index (Phi) is 5.18. The molecule has 4 rings (SSSR count). The first-order valence-corrected chi connectivity index (χ1v) is 9.78. The monoisotopic (exact) mass is 397 g/mol. The van der Waals surface area contributed by atoms with Crippen LogP contribution in [0.15, 0.2) is 48.5 Å². The van der Waals surface area contributed by atoms with Crippen molar-refractivity contribution in [1.82, 2.24) is 9.88 Å². The van der Waals surface area contributed by atoms with Crippen molar-refractivity contribution < 1.29 is 9.72 Å². The van der Waals surface area contributed by atoms with E-state index < -0.39 is 0 Å². The molecule has 0 saturated carbocycles. The van der Waals surface area contributed by atoms with Crippen LogP contribution in [-0.4, -0.2) is 53.4 Å². The predicted molar refractivity (Wildman–Crippen MR) is 110 cm³/mol. The minimum atomic E-state index is -0.354. The van der Waals surface area contributed by atoms with Crippen LogP contribution in [0.2, 0.25) is 0 Å². The second-order valence-corrected chi connectivity index (χ2v) is 7.57. The highest BCUT2D eigenvalue weighted by Gasteiger charge is 2.24. The summed E-state index contributed by atoms with van der Waals surface area (Å²) in [4.78, 5) is 31.7. The molecule has 0 spiro atoms. The van der Waals surface area contributed by atoms with Crippen LogP contribution in [0.3, 0.4) is 0 Å². The van der Waals surface area contributed by atoms with Crippen molar-refractivity contribution >= 4 is 44.0 Å². The summed E-state index contributed by atoms with van der Waals surface area (Å²) in [6, 6.07) is 14.5. The van der Waals surface area contributed by atoms with Crippen LogP contribution < -0.4 is 10.2 Å². The van der Waals surface area contributed by atoms with Crippen LogP contribution in [0.4, 0.5) is 16.5 Å². The highest BCUT2D eigenvalue weighted by atomic mass is 32.1. The first-order chi connectivity index (χ1) is 13.6. The molecule has 3 aromatic rings. The number of amides is 1. The number of hydrogen-bond acceptors (Lipinski definition) is 7. The number of fused-ring (bicyclic) bond motifs is 1. The molecule has 1 fully saturated rings. The maximum atomic E-state index is 12.4. The van der Waals surface area contributed by atoms with Crippen LogP contribution in [0, 0.1) is 10.1 Å². The lowest BCUT2D eigenvalue weighted by atomic mass is 10.2. The van der Waals surface area contributed by atoms with E-state index in [4.69, 9.17) is 0 Å². The van der Waals surface area contributed by atoms with Crippen molar-refractivity contribution in [2.75, 3.05) is 42.9 Å². The van der Waals surface area contributed by atoms with Crippen LogP contribution in [-0.2, 0) is 4.79 Å². The van der Waals surface area contributed by atoms with E-state index in [1.54, 1.807) is 18.2 Å². The molecule has 0 radical (unpaired) electrons. The van der Waals surface area contributed by atoms with E-state index in [0.29, 0.717) is 37.0 Å². The number of nitro benzene ring substituents is 1. The molecule has 0 unspecified atom stereocenters. The number of nitro groups is 1. The number of benzene rings is 2. The Labute approximate surface area is 165 Å². The molecule has 0 atom stereocenters. The number of nitrogens with zero attached hydrogens (tertiary/aromatic N) is 4. The van der Waals surface area contributed by atoms with Gasteiger partial charge in [0.05, 0.1) is 21.7 Å². The number of hydrogen-bond donors (Lipinski definition) is 1. The third kappa shape index (κ3) is 3.95. The van der Waals surface area contributed by atoms with E-state index in [1.165, 1.54) is 17.4 Å². The molecule has 0 bridgehead atoms. The van der Waals surface area contributed by atoms with Crippen molar-refractivity contribution in [3.8, 4) is 0 Å². The number of thiazole rings is 1. The SMILES string of the molecule is O=C(CN1CCN(c2ccccc2[N+](=O)[O-])CC1)Nc1nc2ccccc2s1. The van der Waals surface area contributed by atoms with Crippen LogP contribution in [0.5, 0.6) is 0 Å². The lowest BCUT2D eigenvalue weighted by Crippen LogP contribution is -2.48. The van der Waals surface area contributed by atoms with Crippen LogP contribution in [0.1, 0.15) is 0 Å². The van der Waals surface area contributed by atoms with Gasteiger partial charge in [0, 0.05) is 32.2 Å². The number of carbonyl (C=O) groups excluding carboxylic acids is 1. The molecular formula is C19H19N5O3S. The molecule has 1 amide bonds. The zero-order chi connectivity index (χ0) is 19.5. The maximum absolute atomic E-state index is 12.4. The fraction of sp³-hybridized carbons (Fsp3) is 0.263. The highest BCUT2D eigenvalue weighted by molar-refractivity contribution is 7.22. The van der Waals surface area contributed by atoms with Gasteiger partial charge in [0.1, 0.15) is 5.69 Å². The van der Waals surface area contributed by atoms with Crippen molar-refractivity contribution in [1.29, 1.82) is 0 Å². The van der Waals surface area contributed by atoms with Gasteiger partial charge < -0.3 is 10.2 Å². The Balaban J connectivity index is 1.33. The second kappa shape index (κ2) is 7.91. The fourth-order valence-corrected chi connectivity index (χ4v) is 4.20. The standard InChI is InChI=1S/C19H19N5O3S/c25-18(21-19-20-14-5-1-4-8-17(14)28-19)13-22-9-11-23(12-10-22)15-6-2-3-7-16(15)24(26)27/h1-8H,9-13H2,(H,20,21,25). The van der Waals surface area contributed by atoms with Gasteiger partial charge in [-0.05, 0) is 18.2 Å². The van der Waals surface area contributed by atoms with E-state index in [1.807, 2.05) is 34.1 Å². The van der Waals surface area contributed by atoms with E-state index in [-0.39, 0.29) is 23.1 Å². The molecule has 1 aromatic heterocycles. The summed E-state index contributed by atoms with van der Waals surface area (Å²) in [6.07, 6.45) is 0. The first-order valence-electron chi connectivity index (χ1n) is 8.96. The fourth-order valence-electron chi connectivity index (χ4n) is 3.32. The summed E-state index contributed by atoms with van der Waals surface area (Å²) in [5.74, 6) is -0.0989. The van der Waals surface area contributed by atoms with Gasteiger partial charge in [0.2, 0.25) is 5.91 Å². The molecule has 9 heteroatoms. The highest BCUT2D eigenvalue weighted by Crippen LogP contribution is 2.28. The number of aromatic nitrogens is 1. The summed E-state index contributed by atoms with van der Waals surface area (Å²) in [5, 5.41) is 14.7. The van der Waals surface area contributed by atoms with E-state index in [2.05, 4.69) is 10.3 Å². The van der Waals surface area contributed by atoms with Gasteiger partial charge in [-0.3, -0.25) is 19.8 Å². The lowest BCUT2D eigenvalue weighted by molar-refractivity contribution is -0.384. The number of nitrogens with one attached hydrogen (secondary N) is 1. The van der Waals surface area contributed by atoms with Crippen molar-refractivity contribution in [3.63, 3.8) is 0 Å². The maximum Gasteiger partial charge on any atom is 0.292 e. The van der Waals surface area contributed by atoms with Gasteiger partial charge in [-0.2, -0.15) is 0 Å². The average molecular weight is 397 g/mol. The molecule has 2 heterocycles. The summed E-state index contributed by atoms with van der Waals surface area (Å²) in [7, 11) is 0. The first kappa shape index (κ1) is 18.3.